The number of hydrogen-bond acceptors (Lipinski definition) is 1. The molecule has 17 heavy (non-hydrogen) atoms. The smallest absolute Gasteiger partial charge is 0.0390 e. The molecule has 0 spiro atoms. The van der Waals surface area contributed by atoms with Gasteiger partial charge in [-0.3, -0.25) is 0 Å². The second kappa shape index (κ2) is 5.17. The van der Waals surface area contributed by atoms with Crippen LogP contribution in [0.15, 0.2) is 79.5 Å². The molecule has 84 valence electrons. The molecule has 0 saturated carbocycles. The van der Waals surface area contributed by atoms with Crippen molar-refractivity contribution in [3.63, 3.8) is 0 Å². The van der Waals surface area contributed by atoms with Gasteiger partial charge in [0.2, 0.25) is 0 Å². The summed E-state index contributed by atoms with van der Waals surface area (Å²) in [4.78, 5) is 0. The first-order valence-electron chi connectivity index (χ1n) is 5.53. The largest absolute Gasteiger partial charge is 0.356 e. The van der Waals surface area contributed by atoms with E-state index < -0.39 is 0 Å². The van der Waals surface area contributed by atoms with Gasteiger partial charge >= 0.3 is 0 Å². The lowest BCUT2D eigenvalue weighted by Gasteiger charge is -2.08. The lowest BCUT2D eigenvalue weighted by Crippen LogP contribution is -1.94. The van der Waals surface area contributed by atoms with Gasteiger partial charge < -0.3 is 5.32 Å². The summed E-state index contributed by atoms with van der Waals surface area (Å²) >= 11 is 0. The van der Waals surface area contributed by atoms with Gasteiger partial charge in [0.05, 0.1) is 0 Å². The average molecular weight is 221 g/mol. The van der Waals surface area contributed by atoms with E-state index >= 15 is 0 Å². The Labute approximate surface area is 102 Å². The van der Waals surface area contributed by atoms with Crippen LogP contribution in [0, 0.1) is 0 Å². The summed E-state index contributed by atoms with van der Waals surface area (Å²) in [5, 5.41) is 3.19. The van der Waals surface area contributed by atoms with Crippen LogP contribution in [-0.2, 0) is 0 Å². The lowest BCUT2D eigenvalue weighted by molar-refractivity contribution is 1.50. The molecular weight excluding hydrogens is 206 g/mol. The fourth-order valence-electron chi connectivity index (χ4n) is 1.64. The Morgan fingerprint density at radius 2 is 1.65 bits per heavy atom. The van der Waals surface area contributed by atoms with E-state index in [2.05, 4.69) is 42.7 Å². The predicted molar refractivity (Wildman–Crippen MR) is 74.8 cm³/mol. The quantitative estimate of drug-likeness (QED) is 0.751. The summed E-state index contributed by atoms with van der Waals surface area (Å²) in [6, 6.07) is 18.5. The van der Waals surface area contributed by atoms with Crippen molar-refractivity contribution in [1.82, 2.24) is 0 Å². The molecule has 0 saturated heterocycles. The predicted octanol–water partition coefficient (Wildman–Crippen LogP) is 4.47. The molecule has 0 aliphatic heterocycles. The van der Waals surface area contributed by atoms with Crippen LogP contribution in [0.1, 0.15) is 0 Å². The van der Waals surface area contributed by atoms with E-state index in [-0.39, 0.29) is 0 Å². The maximum atomic E-state index is 3.84. The second-order valence-electron chi connectivity index (χ2n) is 3.80. The minimum Gasteiger partial charge on any atom is -0.356 e. The molecule has 1 nitrogen and oxygen atoms in total. The summed E-state index contributed by atoms with van der Waals surface area (Å²) in [5.74, 6) is 0. The number of rotatable bonds is 4. The highest BCUT2D eigenvalue weighted by Crippen LogP contribution is 2.22. The Balaban J connectivity index is 2.29. The first-order chi connectivity index (χ1) is 8.29. The van der Waals surface area contributed by atoms with Gasteiger partial charge in [-0.15, -0.1) is 0 Å². The van der Waals surface area contributed by atoms with Gasteiger partial charge in [-0.2, -0.15) is 0 Å². The monoisotopic (exact) mass is 221 g/mol. The Kier molecular flexibility index (Phi) is 3.41. The van der Waals surface area contributed by atoms with E-state index in [1.807, 2.05) is 30.3 Å². The third-order valence-corrected chi connectivity index (χ3v) is 2.52. The summed E-state index contributed by atoms with van der Waals surface area (Å²) < 4.78 is 0. The van der Waals surface area contributed by atoms with E-state index in [0.717, 1.165) is 11.4 Å². The molecule has 0 radical (unpaired) electrons. The highest BCUT2D eigenvalue weighted by molar-refractivity contribution is 5.68. The molecule has 0 heterocycles. The van der Waals surface area contributed by atoms with Crippen LogP contribution in [0.3, 0.4) is 0 Å². The molecule has 0 amide bonds. The van der Waals surface area contributed by atoms with Crippen molar-refractivity contribution in [2.75, 3.05) is 5.32 Å². The molecule has 0 unspecified atom stereocenters. The molecule has 1 heteroatoms. The number of hydrogen-bond donors (Lipinski definition) is 1. The van der Waals surface area contributed by atoms with Gasteiger partial charge in [0.1, 0.15) is 0 Å². The van der Waals surface area contributed by atoms with E-state index in [0.29, 0.717) is 0 Å². The summed E-state index contributed by atoms with van der Waals surface area (Å²) in [6.07, 6.45) is 1.70. The van der Waals surface area contributed by atoms with Gasteiger partial charge in [-0.1, -0.05) is 55.6 Å². The van der Waals surface area contributed by atoms with Gasteiger partial charge in [-0.25, -0.2) is 0 Å². The average Bonchev–Trinajstić information content (AvgIpc) is 2.40. The van der Waals surface area contributed by atoms with Gasteiger partial charge in [0, 0.05) is 11.4 Å². The highest BCUT2D eigenvalue weighted by Gasteiger charge is 1.98. The third kappa shape index (κ3) is 2.85. The second-order valence-corrected chi connectivity index (χ2v) is 3.80. The first kappa shape index (κ1) is 11.2. The molecule has 0 bridgehead atoms. The molecule has 0 fully saturated rings. The van der Waals surface area contributed by atoms with E-state index in [1.54, 1.807) is 6.08 Å². The zero-order chi connectivity index (χ0) is 12.1. The number of anilines is 1. The molecule has 0 aliphatic rings. The molecule has 2 aromatic carbocycles. The number of allylic oxidation sites excluding steroid dienone is 1. The van der Waals surface area contributed by atoms with E-state index in [4.69, 9.17) is 0 Å². The molecule has 1 N–H and O–H groups in total. The van der Waals surface area contributed by atoms with Crippen molar-refractivity contribution in [1.29, 1.82) is 0 Å². The molecular formula is C16H15N. The van der Waals surface area contributed by atoms with Crippen molar-refractivity contribution in [3.05, 3.63) is 79.5 Å². The van der Waals surface area contributed by atoms with Crippen LogP contribution in [0.5, 0.6) is 0 Å². The van der Waals surface area contributed by atoms with Gasteiger partial charge in [0.15, 0.2) is 0 Å². The SMILES string of the molecule is C=CC(=C)Nc1cccc(-c2ccccc2)c1. The number of benzene rings is 2. The van der Waals surface area contributed by atoms with Crippen molar-refractivity contribution < 1.29 is 0 Å². The minimum absolute atomic E-state index is 0.801. The Hall–Kier alpha value is -2.28. The van der Waals surface area contributed by atoms with Crippen molar-refractivity contribution in [2.45, 2.75) is 0 Å². The summed E-state index contributed by atoms with van der Waals surface area (Å²) in [5.41, 5.74) is 4.22. The Morgan fingerprint density at radius 1 is 0.941 bits per heavy atom. The van der Waals surface area contributed by atoms with Gasteiger partial charge in [0.25, 0.3) is 0 Å². The normalized spacial score (nSPS) is 9.65. The minimum atomic E-state index is 0.801. The van der Waals surface area contributed by atoms with Crippen LogP contribution < -0.4 is 5.32 Å². The van der Waals surface area contributed by atoms with Crippen LogP contribution in [0.4, 0.5) is 5.69 Å². The maximum absolute atomic E-state index is 3.84. The zero-order valence-corrected chi connectivity index (χ0v) is 9.69. The topological polar surface area (TPSA) is 12.0 Å². The van der Waals surface area contributed by atoms with E-state index in [1.165, 1.54) is 11.1 Å². The van der Waals surface area contributed by atoms with Crippen molar-refractivity contribution in [2.24, 2.45) is 0 Å². The van der Waals surface area contributed by atoms with Crippen molar-refractivity contribution >= 4 is 5.69 Å². The fraction of sp³-hybridized carbons (Fsp3) is 0. The van der Waals surface area contributed by atoms with Crippen LogP contribution in [0.2, 0.25) is 0 Å². The molecule has 2 aromatic rings. The lowest BCUT2D eigenvalue weighted by atomic mass is 10.1. The fourth-order valence-corrected chi connectivity index (χ4v) is 1.64. The van der Waals surface area contributed by atoms with Crippen LogP contribution in [-0.4, -0.2) is 0 Å². The Morgan fingerprint density at radius 3 is 2.35 bits per heavy atom. The van der Waals surface area contributed by atoms with Crippen LogP contribution in [0.25, 0.3) is 11.1 Å². The van der Waals surface area contributed by atoms with Crippen molar-refractivity contribution in [3.8, 4) is 11.1 Å². The zero-order valence-electron chi connectivity index (χ0n) is 9.69. The third-order valence-electron chi connectivity index (χ3n) is 2.52. The molecule has 0 atom stereocenters. The van der Waals surface area contributed by atoms with Crippen LogP contribution >= 0.6 is 0 Å². The summed E-state index contributed by atoms with van der Waals surface area (Å²) in [7, 11) is 0. The number of nitrogens with one attached hydrogen (secondary N) is 1. The highest BCUT2D eigenvalue weighted by atomic mass is 14.9. The van der Waals surface area contributed by atoms with Gasteiger partial charge in [-0.05, 0) is 29.3 Å². The molecule has 0 aromatic heterocycles. The standard InChI is InChI=1S/C16H15N/c1-3-13(2)17-16-11-7-10-15(12-16)14-8-5-4-6-9-14/h3-12,17H,1-2H2. The molecule has 2 rings (SSSR count). The summed E-state index contributed by atoms with van der Waals surface area (Å²) in [6.45, 7) is 7.52. The molecule has 0 aliphatic carbocycles. The van der Waals surface area contributed by atoms with E-state index in [9.17, 15) is 0 Å². The Bertz CT molecular complexity index is 526. The maximum Gasteiger partial charge on any atom is 0.0390 e. The first-order valence-corrected chi connectivity index (χ1v) is 5.53.